The zero-order valence-corrected chi connectivity index (χ0v) is 22.5. The van der Waals surface area contributed by atoms with Gasteiger partial charge in [0.1, 0.15) is 18.1 Å². The van der Waals surface area contributed by atoms with E-state index in [0.29, 0.717) is 12.0 Å². The van der Waals surface area contributed by atoms with E-state index in [2.05, 4.69) is 16.0 Å². The summed E-state index contributed by atoms with van der Waals surface area (Å²) in [6.45, 7) is 8.77. The number of hydrogen-bond acceptors (Lipinski definition) is 5. The first-order valence-corrected chi connectivity index (χ1v) is 12.2. The lowest BCUT2D eigenvalue weighted by atomic mass is 10.0. The van der Waals surface area contributed by atoms with Crippen LogP contribution in [0.15, 0.2) is 12.3 Å². The minimum absolute atomic E-state index is 0.181. The van der Waals surface area contributed by atoms with Crippen molar-refractivity contribution in [2.24, 2.45) is 18.9 Å². The quantitative estimate of drug-likeness (QED) is 0.422. The summed E-state index contributed by atoms with van der Waals surface area (Å²) in [4.78, 5) is 66.4. The van der Waals surface area contributed by atoms with Crippen molar-refractivity contribution < 1.29 is 24.0 Å². The van der Waals surface area contributed by atoms with Crippen molar-refractivity contribution in [3.8, 4) is 0 Å². The highest BCUT2D eigenvalue weighted by atomic mass is 16.2. The van der Waals surface area contributed by atoms with E-state index >= 15 is 0 Å². The Morgan fingerprint density at radius 3 is 2.25 bits per heavy atom. The third-order valence-corrected chi connectivity index (χ3v) is 6.19. The van der Waals surface area contributed by atoms with Crippen LogP contribution in [0.25, 0.3) is 0 Å². The van der Waals surface area contributed by atoms with E-state index in [1.165, 1.54) is 16.7 Å². The fourth-order valence-corrected chi connectivity index (χ4v) is 4.37. The molecule has 0 spiro atoms. The number of carbonyl (C=O) groups is 5. The monoisotopic (exact) mass is 504 g/mol. The zero-order valence-electron chi connectivity index (χ0n) is 22.5. The van der Waals surface area contributed by atoms with Gasteiger partial charge >= 0.3 is 0 Å². The second-order valence-electron chi connectivity index (χ2n) is 10.3. The fourth-order valence-electron chi connectivity index (χ4n) is 4.37. The van der Waals surface area contributed by atoms with Gasteiger partial charge in [-0.15, -0.1) is 0 Å². The minimum atomic E-state index is -0.939. The van der Waals surface area contributed by atoms with Crippen LogP contribution in [0.2, 0.25) is 0 Å². The van der Waals surface area contributed by atoms with Gasteiger partial charge in [-0.25, -0.2) is 0 Å². The molecule has 0 bridgehead atoms. The molecule has 3 N–H and O–H groups in total. The minimum Gasteiger partial charge on any atom is -0.353 e. The third-order valence-electron chi connectivity index (χ3n) is 6.19. The van der Waals surface area contributed by atoms with Crippen LogP contribution in [0.3, 0.4) is 0 Å². The average Bonchev–Trinajstić information content (AvgIpc) is 3.33. The van der Waals surface area contributed by atoms with Crippen LogP contribution in [0, 0.1) is 11.8 Å². The Hall–Kier alpha value is -3.37. The highest BCUT2D eigenvalue weighted by Crippen LogP contribution is 2.35. The number of likely N-dealkylation sites (N-methyl/N-ethyl adjacent to an activating group) is 1. The van der Waals surface area contributed by atoms with E-state index in [1.54, 1.807) is 20.2 Å². The molecule has 0 fully saturated rings. The smallest absolute Gasteiger partial charge is 0.247 e. The predicted octanol–water partition coefficient (Wildman–Crippen LogP) is 0.304. The molecule has 200 valence electrons. The van der Waals surface area contributed by atoms with Gasteiger partial charge < -0.3 is 30.3 Å². The molecule has 1 aromatic rings. The van der Waals surface area contributed by atoms with Crippen molar-refractivity contribution in [3.05, 3.63) is 23.5 Å². The third kappa shape index (κ3) is 6.86. The van der Waals surface area contributed by atoms with Gasteiger partial charge in [0.15, 0.2) is 0 Å². The molecule has 0 radical (unpaired) electrons. The fraction of sp³-hybridized carbons (Fsp3) is 0.640. The van der Waals surface area contributed by atoms with Crippen LogP contribution in [0.5, 0.6) is 0 Å². The number of nitrogens with zero attached hydrogens (tertiary/aromatic N) is 3. The Balaban J connectivity index is 2.18. The van der Waals surface area contributed by atoms with Crippen LogP contribution < -0.4 is 16.0 Å². The van der Waals surface area contributed by atoms with E-state index < -0.39 is 29.9 Å². The molecule has 11 nitrogen and oxygen atoms in total. The number of nitrogens with one attached hydrogen (secondary N) is 3. The molecule has 0 saturated heterocycles. The standard InChI is InChI=1S/C25H40N6O5/c1-14(2)11-18(24(35)29(6)7)28-20(33)12-26-23(34)22-17-9-10-30(8)19(17)13-31(22)25(36)21(15(3)4)27-16(5)32/h9-10,14-15,18,21-22H,11-13H2,1-8H3,(H,26,34)(H,27,32)(H,28,33)/t18-,21-,22+/m1/s1. The van der Waals surface area contributed by atoms with E-state index in [1.807, 2.05) is 45.5 Å². The second kappa shape index (κ2) is 12.0. The normalized spacial score (nSPS) is 16.4. The van der Waals surface area contributed by atoms with Gasteiger partial charge in [-0.05, 0) is 24.3 Å². The van der Waals surface area contributed by atoms with Crippen LogP contribution in [0.1, 0.15) is 58.3 Å². The Labute approximate surface area is 212 Å². The van der Waals surface area contributed by atoms with Gasteiger partial charge in [0.25, 0.3) is 0 Å². The Kier molecular flexibility index (Phi) is 9.66. The van der Waals surface area contributed by atoms with Crippen molar-refractivity contribution in [2.75, 3.05) is 20.6 Å². The first kappa shape index (κ1) is 28.9. The summed E-state index contributed by atoms with van der Waals surface area (Å²) >= 11 is 0. The van der Waals surface area contributed by atoms with Gasteiger partial charge in [-0.3, -0.25) is 24.0 Å². The Bertz CT molecular complexity index is 999. The number of rotatable bonds is 10. The van der Waals surface area contributed by atoms with Crippen LogP contribution in [-0.2, 0) is 37.6 Å². The number of fused-ring (bicyclic) bond motifs is 1. The summed E-state index contributed by atoms with van der Waals surface area (Å²) in [6.07, 6.45) is 2.28. The van der Waals surface area contributed by atoms with Crippen LogP contribution in [-0.4, -0.2) is 76.6 Å². The lowest BCUT2D eigenvalue weighted by Gasteiger charge is -2.30. The van der Waals surface area contributed by atoms with E-state index in [9.17, 15) is 24.0 Å². The number of aromatic nitrogens is 1. The predicted molar refractivity (Wildman–Crippen MR) is 134 cm³/mol. The largest absolute Gasteiger partial charge is 0.353 e. The lowest BCUT2D eigenvalue weighted by molar-refractivity contribution is -0.144. The molecule has 2 rings (SSSR count). The highest BCUT2D eigenvalue weighted by Gasteiger charge is 2.43. The second-order valence-corrected chi connectivity index (χ2v) is 10.3. The van der Waals surface area contributed by atoms with Gasteiger partial charge in [0.2, 0.25) is 29.5 Å². The molecule has 1 aromatic heterocycles. The highest BCUT2D eigenvalue weighted by molar-refractivity contribution is 5.95. The molecular weight excluding hydrogens is 464 g/mol. The topological polar surface area (TPSA) is 133 Å². The molecule has 11 heteroatoms. The molecule has 0 aromatic carbocycles. The van der Waals surface area contributed by atoms with Crippen molar-refractivity contribution in [1.82, 2.24) is 30.3 Å². The number of carbonyl (C=O) groups excluding carboxylic acids is 5. The molecule has 0 saturated carbocycles. The summed E-state index contributed by atoms with van der Waals surface area (Å²) in [7, 11) is 5.08. The molecule has 3 atom stereocenters. The summed E-state index contributed by atoms with van der Waals surface area (Å²) in [5.74, 6) is -1.93. The number of aryl methyl sites for hydroxylation is 1. The molecule has 36 heavy (non-hydrogen) atoms. The molecule has 2 heterocycles. The molecule has 0 unspecified atom stereocenters. The summed E-state index contributed by atoms with van der Waals surface area (Å²) in [5, 5.41) is 8.03. The summed E-state index contributed by atoms with van der Waals surface area (Å²) in [5.41, 5.74) is 1.49. The molecule has 1 aliphatic heterocycles. The van der Waals surface area contributed by atoms with Gasteiger partial charge in [0, 0.05) is 45.5 Å². The first-order valence-electron chi connectivity index (χ1n) is 12.2. The van der Waals surface area contributed by atoms with Crippen LogP contribution in [0.4, 0.5) is 0 Å². The number of amides is 5. The maximum absolute atomic E-state index is 13.4. The lowest BCUT2D eigenvalue weighted by Crippen LogP contribution is -2.53. The van der Waals surface area contributed by atoms with E-state index in [0.717, 1.165) is 5.69 Å². The molecule has 1 aliphatic rings. The number of hydrogen-bond donors (Lipinski definition) is 3. The van der Waals surface area contributed by atoms with Gasteiger partial charge in [-0.1, -0.05) is 27.7 Å². The molecule has 0 aliphatic carbocycles. The SMILES string of the molecule is CC(=O)N[C@@H](C(=O)N1Cc2c(ccn2C)[C@H]1C(=O)NCC(=O)N[C@H](CC(C)C)C(=O)N(C)C)C(C)C. The van der Waals surface area contributed by atoms with Crippen LogP contribution >= 0.6 is 0 Å². The van der Waals surface area contributed by atoms with Crippen molar-refractivity contribution in [3.63, 3.8) is 0 Å². The van der Waals surface area contributed by atoms with Gasteiger partial charge in [-0.2, -0.15) is 0 Å². The maximum Gasteiger partial charge on any atom is 0.247 e. The molecular formula is C25H40N6O5. The van der Waals surface area contributed by atoms with Crippen molar-refractivity contribution in [2.45, 2.75) is 65.7 Å². The maximum atomic E-state index is 13.4. The van der Waals surface area contributed by atoms with Crippen molar-refractivity contribution in [1.29, 1.82) is 0 Å². The summed E-state index contributed by atoms with van der Waals surface area (Å²) in [6, 6.07) is -0.640. The Morgan fingerprint density at radius 2 is 1.72 bits per heavy atom. The molecule has 5 amide bonds. The average molecular weight is 505 g/mol. The van der Waals surface area contributed by atoms with Crippen molar-refractivity contribution >= 4 is 29.5 Å². The zero-order chi connectivity index (χ0) is 27.3. The first-order chi connectivity index (χ1) is 16.7. The summed E-state index contributed by atoms with van der Waals surface area (Å²) < 4.78 is 1.85. The van der Waals surface area contributed by atoms with Gasteiger partial charge in [0.05, 0.1) is 13.1 Å². The van der Waals surface area contributed by atoms with E-state index in [4.69, 9.17) is 0 Å². The van der Waals surface area contributed by atoms with E-state index in [-0.39, 0.29) is 42.6 Å². The Morgan fingerprint density at radius 1 is 1.08 bits per heavy atom.